The zero-order chi connectivity index (χ0) is 9.68. The Labute approximate surface area is 81.0 Å². The Balaban J connectivity index is 2.44. The molecule has 0 amide bonds. The van der Waals surface area contributed by atoms with Gasteiger partial charge in [-0.15, -0.1) is 0 Å². The quantitative estimate of drug-likeness (QED) is 0.729. The number of aromatic nitrogens is 2. The molecule has 0 aliphatic carbocycles. The molecule has 0 radical (unpaired) electrons. The molecule has 0 fully saturated rings. The fraction of sp³-hybridized carbons (Fsp3) is 0.500. The van der Waals surface area contributed by atoms with Crippen LogP contribution in [0.25, 0.3) is 0 Å². The number of hydrogen-bond acceptors (Lipinski definition) is 3. The highest BCUT2D eigenvalue weighted by atomic mass is 32.2. The van der Waals surface area contributed by atoms with Crippen molar-refractivity contribution < 1.29 is 9.90 Å². The second-order valence-electron chi connectivity index (χ2n) is 2.50. The van der Waals surface area contributed by atoms with E-state index >= 15 is 0 Å². The third-order valence-corrected chi connectivity index (χ3v) is 2.43. The molecule has 72 valence electrons. The Bertz CT molecular complexity index is 285. The minimum atomic E-state index is -0.970. The number of carboxylic acids is 1. The average molecular weight is 200 g/mol. The molecule has 0 unspecified atom stereocenters. The van der Waals surface area contributed by atoms with Gasteiger partial charge in [-0.2, -0.15) is 11.8 Å². The number of thioether (sulfide) groups is 1. The van der Waals surface area contributed by atoms with Gasteiger partial charge in [0.1, 0.15) is 0 Å². The van der Waals surface area contributed by atoms with Gasteiger partial charge in [0.15, 0.2) is 5.69 Å². The summed E-state index contributed by atoms with van der Waals surface area (Å²) in [5, 5.41) is 8.59. The van der Waals surface area contributed by atoms with Crippen LogP contribution in [0.5, 0.6) is 0 Å². The van der Waals surface area contributed by atoms with Gasteiger partial charge in [-0.1, -0.05) is 6.92 Å². The van der Waals surface area contributed by atoms with Gasteiger partial charge in [0.2, 0.25) is 0 Å². The zero-order valence-corrected chi connectivity index (χ0v) is 8.25. The van der Waals surface area contributed by atoms with Crippen molar-refractivity contribution in [1.82, 2.24) is 9.55 Å². The molecule has 1 aromatic rings. The lowest BCUT2D eigenvalue weighted by atomic mass is 10.5. The van der Waals surface area contributed by atoms with Crippen LogP contribution in [0.1, 0.15) is 17.4 Å². The van der Waals surface area contributed by atoms with Crippen LogP contribution >= 0.6 is 11.8 Å². The number of aryl methyl sites for hydroxylation is 1. The summed E-state index contributed by atoms with van der Waals surface area (Å²) >= 11 is 1.82. The third-order valence-electron chi connectivity index (χ3n) is 1.55. The Kier molecular flexibility index (Phi) is 3.82. The fourth-order valence-corrected chi connectivity index (χ4v) is 1.54. The maximum absolute atomic E-state index is 10.5. The number of rotatable bonds is 5. The van der Waals surface area contributed by atoms with Crippen molar-refractivity contribution in [1.29, 1.82) is 0 Å². The normalized spacial score (nSPS) is 10.2. The van der Waals surface area contributed by atoms with Crippen molar-refractivity contribution in [3.8, 4) is 0 Å². The molecule has 1 aromatic heterocycles. The molecule has 1 N–H and O–H groups in total. The molecule has 0 saturated carbocycles. The SMILES string of the molecule is CCSCCn1cnc(C(=O)O)c1. The van der Waals surface area contributed by atoms with E-state index in [2.05, 4.69) is 11.9 Å². The number of imidazole rings is 1. The fourth-order valence-electron chi connectivity index (χ4n) is 0.907. The van der Waals surface area contributed by atoms with E-state index in [0.29, 0.717) is 0 Å². The molecule has 0 aromatic carbocycles. The average Bonchev–Trinajstić information content (AvgIpc) is 2.53. The molecule has 0 atom stereocenters. The minimum Gasteiger partial charge on any atom is -0.476 e. The first-order chi connectivity index (χ1) is 6.24. The minimum absolute atomic E-state index is 0.112. The first kappa shape index (κ1) is 10.1. The first-order valence-corrected chi connectivity index (χ1v) is 5.22. The monoisotopic (exact) mass is 200 g/mol. The van der Waals surface area contributed by atoms with Crippen molar-refractivity contribution in [3.05, 3.63) is 18.2 Å². The summed E-state index contributed by atoms with van der Waals surface area (Å²) in [5.41, 5.74) is 0.112. The Morgan fingerprint density at radius 1 is 1.77 bits per heavy atom. The van der Waals surface area contributed by atoms with Crippen molar-refractivity contribution in [2.75, 3.05) is 11.5 Å². The van der Waals surface area contributed by atoms with Crippen molar-refractivity contribution in [2.24, 2.45) is 0 Å². The summed E-state index contributed by atoms with van der Waals surface area (Å²) in [7, 11) is 0. The summed E-state index contributed by atoms with van der Waals surface area (Å²) < 4.78 is 1.80. The molecule has 1 rings (SSSR count). The molecule has 1 heterocycles. The van der Waals surface area contributed by atoms with Crippen LogP contribution in [0.3, 0.4) is 0 Å². The number of carbonyl (C=O) groups is 1. The van der Waals surface area contributed by atoms with Gasteiger partial charge in [-0.3, -0.25) is 0 Å². The van der Waals surface area contributed by atoms with Crippen molar-refractivity contribution in [3.63, 3.8) is 0 Å². The molecule has 0 aliphatic heterocycles. The standard InChI is InChI=1S/C8H12N2O2S/c1-2-13-4-3-10-5-7(8(11)12)9-6-10/h5-6H,2-4H2,1H3,(H,11,12). The van der Waals surface area contributed by atoms with E-state index in [1.165, 1.54) is 0 Å². The molecule has 0 spiro atoms. The van der Waals surface area contributed by atoms with Crippen molar-refractivity contribution in [2.45, 2.75) is 13.5 Å². The lowest BCUT2D eigenvalue weighted by Gasteiger charge is -1.98. The van der Waals surface area contributed by atoms with Gasteiger partial charge in [0, 0.05) is 18.5 Å². The second-order valence-corrected chi connectivity index (χ2v) is 3.89. The van der Waals surface area contributed by atoms with Crippen LogP contribution in [-0.2, 0) is 6.54 Å². The highest BCUT2D eigenvalue weighted by Gasteiger charge is 2.05. The maximum atomic E-state index is 10.5. The highest BCUT2D eigenvalue weighted by molar-refractivity contribution is 7.99. The summed E-state index contributed by atoms with van der Waals surface area (Å²) in [5.74, 6) is 1.11. The summed E-state index contributed by atoms with van der Waals surface area (Å²) in [4.78, 5) is 14.2. The molecule has 0 bridgehead atoms. The first-order valence-electron chi connectivity index (χ1n) is 4.07. The lowest BCUT2D eigenvalue weighted by Crippen LogP contribution is -1.98. The molecular formula is C8H12N2O2S. The van der Waals surface area contributed by atoms with Gasteiger partial charge >= 0.3 is 5.97 Å². The summed E-state index contributed by atoms with van der Waals surface area (Å²) in [6.07, 6.45) is 3.11. The number of hydrogen-bond donors (Lipinski definition) is 1. The van der Waals surface area contributed by atoms with Crippen LogP contribution in [0.2, 0.25) is 0 Å². The molecular weight excluding hydrogens is 188 g/mol. The van der Waals surface area contributed by atoms with Crippen LogP contribution < -0.4 is 0 Å². The molecule has 4 nitrogen and oxygen atoms in total. The topological polar surface area (TPSA) is 55.1 Å². The number of aromatic carboxylic acids is 1. The zero-order valence-electron chi connectivity index (χ0n) is 7.43. The van der Waals surface area contributed by atoms with E-state index in [9.17, 15) is 4.79 Å². The Morgan fingerprint density at radius 3 is 3.08 bits per heavy atom. The molecule has 0 aliphatic rings. The molecule has 13 heavy (non-hydrogen) atoms. The van der Waals surface area contributed by atoms with Crippen LogP contribution in [0, 0.1) is 0 Å². The number of carboxylic acid groups (broad SMARTS) is 1. The van der Waals surface area contributed by atoms with E-state index in [1.807, 2.05) is 11.8 Å². The van der Waals surface area contributed by atoms with Crippen LogP contribution in [0.15, 0.2) is 12.5 Å². The molecule has 0 saturated heterocycles. The van der Waals surface area contributed by atoms with E-state index in [0.717, 1.165) is 18.1 Å². The van der Waals surface area contributed by atoms with E-state index in [4.69, 9.17) is 5.11 Å². The third kappa shape index (κ3) is 3.10. The van der Waals surface area contributed by atoms with Gasteiger partial charge in [-0.05, 0) is 5.75 Å². The highest BCUT2D eigenvalue weighted by Crippen LogP contribution is 2.01. The van der Waals surface area contributed by atoms with E-state index in [-0.39, 0.29) is 5.69 Å². The lowest BCUT2D eigenvalue weighted by molar-refractivity contribution is 0.0691. The summed E-state index contributed by atoms with van der Waals surface area (Å²) in [6.45, 7) is 2.92. The number of nitrogens with zero attached hydrogens (tertiary/aromatic N) is 2. The van der Waals surface area contributed by atoms with Crippen LogP contribution in [0.4, 0.5) is 0 Å². The van der Waals surface area contributed by atoms with Gasteiger partial charge in [-0.25, -0.2) is 9.78 Å². The predicted molar refractivity (Wildman–Crippen MR) is 52.2 cm³/mol. The van der Waals surface area contributed by atoms with Gasteiger partial charge < -0.3 is 9.67 Å². The smallest absolute Gasteiger partial charge is 0.356 e. The van der Waals surface area contributed by atoms with E-state index < -0.39 is 5.97 Å². The second kappa shape index (κ2) is 4.91. The van der Waals surface area contributed by atoms with E-state index in [1.54, 1.807) is 17.1 Å². The largest absolute Gasteiger partial charge is 0.476 e. The Morgan fingerprint density at radius 2 is 2.54 bits per heavy atom. The van der Waals surface area contributed by atoms with Gasteiger partial charge in [0.25, 0.3) is 0 Å². The summed E-state index contributed by atoms with van der Waals surface area (Å²) in [6, 6.07) is 0. The van der Waals surface area contributed by atoms with Gasteiger partial charge in [0.05, 0.1) is 6.33 Å². The maximum Gasteiger partial charge on any atom is 0.356 e. The predicted octanol–water partition coefficient (Wildman–Crippen LogP) is 1.33. The van der Waals surface area contributed by atoms with Crippen molar-refractivity contribution >= 4 is 17.7 Å². The molecule has 5 heteroatoms. The van der Waals surface area contributed by atoms with Crippen LogP contribution in [-0.4, -0.2) is 32.1 Å². The Hall–Kier alpha value is -0.970.